The maximum absolute atomic E-state index is 5.73. The molecule has 0 aliphatic rings. The van der Waals surface area contributed by atoms with Crippen molar-refractivity contribution in [2.45, 2.75) is 47.1 Å². The summed E-state index contributed by atoms with van der Waals surface area (Å²) in [5.74, 6) is 7.21. The second-order valence-electron chi connectivity index (χ2n) is 6.23. The standard InChI is InChI=1S/C16H28N2O/c1-6-19-14-9-7-8-13(11-14)15(18-17)10-12(2)16(3,4)5/h7-9,11-12,15,18H,6,10,17H2,1-5H3. The van der Waals surface area contributed by atoms with Crippen LogP contribution >= 0.6 is 0 Å². The maximum Gasteiger partial charge on any atom is 0.119 e. The van der Waals surface area contributed by atoms with Crippen molar-refractivity contribution in [3.05, 3.63) is 29.8 Å². The zero-order chi connectivity index (χ0) is 14.5. The van der Waals surface area contributed by atoms with Crippen LogP contribution in [-0.4, -0.2) is 6.61 Å². The van der Waals surface area contributed by atoms with Gasteiger partial charge in [-0.25, -0.2) is 0 Å². The Morgan fingerprint density at radius 1 is 1.32 bits per heavy atom. The van der Waals surface area contributed by atoms with Gasteiger partial charge in [-0.15, -0.1) is 0 Å². The smallest absolute Gasteiger partial charge is 0.119 e. The zero-order valence-corrected chi connectivity index (χ0v) is 12.9. The number of hydrogen-bond acceptors (Lipinski definition) is 3. The predicted molar refractivity (Wildman–Crippen MR) is 80.9 cm³/mol. The first kappa shape index (κ1) is 16.0. The quantitative estimate of drug-likeness (QED) is 0.609. The van der Waals surface area contributed by atoms with Gasteiger partial charge in [-0.1, -0.05) is 39.8 Å². The first-order valence-corrected chi connectivity index (χ1v) is 7.07. The maximum atomic E-state index is 5.73. The van der Waals surface area contributed by atoms with Crippen LogP contribution in [0.3, 0.4) is 0 Å². The van der Waals surface area contributed by atoms with Crippen LogP contribution in [0.1, 0.15) is 52.6 Å². The van der Waals surface area contributed by atoms with Crippen molar-refractivity contribution in [2.24, 2.45) is 17.2 Å². The minimum Gasteiger partial charge on any atom is -0.494 e. The van der Waals surface area contributed by atoms with E-state index in [0.717, 1.165) is 12.2 Å². The summed E-state index contributed by atoms with van der Waals surface area (Å²) in [5, 5.41) is 0. The van der Waals surface area contributed by atoms with Crippen LogP contribution in [0, 0.1) is 11.3 Å². The Balaban J connectivity index is 2.82. The van der Waals surface area contributed by atoms with E-state index in [1.165, 1.54) is 5.56 Å². The third-order valence-electron chi connectivity index (χ3n) is 3.84. The normalized spacial score (nSPS) is 15.1. The number of hydrogen-bond donors (Lipinski definition) is 2. The Labute approximate surface area is 117 Å². The zero-order valence-electron chi connectivity index (χ0n) is 12.9. The Bertz CT molecular complexity index is 385. The van der Waals surface area contributed by atoms with Crippen molar-refractivity contribution in [2.75, 3.05) is 6.61 Å². The number of hydrazine groups is 1. The van der Waals surface area contributed by atoms with Crippen LogP contribution in [0.4, 0.5) is 0 Å². The van der Waals surface area contributed by atoms with Crippen molar-refractivity contribution in [1.29, 1.82) is 0 Å². The Morgan fingerprint density at radius 2 is 2.00 bits per heavy atom. The SMILES string of the molecule is CCOc1cccc(C(CC(C)C(C)(C)C)NN)c1. The molecule has 1 aromatic rings. The lowest BCUT2D eigenvalue weighted by molar-refractivity contribution is 0.223. The fourth-order valence-electron chi connectivity index (χ4n) is 2.00. The molecule has 0 fully saturated rings. The number of nitrogens with one attached hydrogen (secondary N) is 1. The molecule has 1 aromatic carbocycles. The molecule has 3 heteroatoms. The van der Waals surface area contributed by atoms with Crippen molar-refractivity contribution in [1.82, 2.24) is 5.43 Å². The summed E-state index contributed by atoms with van der Waals surface area (Å²) in [5.41, 5.74) is 4.40. The van der Waals surface area contributed by atoms with Crippen LogP contribution in [-0.2, 0) is 0 Å². The third kappa shape index (κ3) is 4.84. The molecular weight excluding hydrogens is 236 g/mol. The summed E-state index contributed by atoms with van der Waals surface area (Å²) in [4.78, 5) is 0. The largest absolute Gasteiger partial charge is 0.494 e. The number of ether oxygens (including phenoxy) is 1. The van der Waals surface area contributed by atoms with Crippen molar-refractivity contribution >= 4 is 0 Å². The third-order valence-corrected chi connectivity index (χ3v) is 3.84. The average molecular weight is 264 g/mol. The van der Waals surface area contributed by atoms with Crippen LogP contribution in [0.5, 0.6) is 5.75 Å². The van der Waals surface area contributed by atoms with E-state index in [2.05, 4.69) is 45.3 Å². The summed E-state index contributed by atoms with van der Waals surface area (Å²) in [7, 11) is 0. The lowest BCUT2D eigenvalue weighted by atomic mass is 9.77. The molecule has 0 aliphatic heterocycles. The van der Waals surface area contributed by atoms with Gasteiger partial charge in [0.05, 0.1) is 6.61 Å². The van der Waals surface area contributed by atoms with Gasteiger partial charge in [0.2, 0.25) is 0 Å². The van der Waals surface area contributed by atoms with Crippen LogP contribution in [0.15, 0.2) is 24.3 Å². The second kappa shape index (κ2) is 6.92. The fraction of sp³-hybridized carbons (Fsp3) is 0.625. The average Bonchev–Trinajstić information content (AvgIpc) is 2.35. The Morgan fingerprint density at radius 3 is 2.53 bits per heavy atom. The van der Waals surface area contributed by atoms with E-state index in [9.17, 15) is 0 Å². The van der Waals surface area contributed by atoms with E-state index in [1.807, 2.05) is 19.1 Å². The Hall–Kier alpha value is -1.06. The van der Waals surface area contributed by atoms with Crippen molar-refractivity contribution in [3.8, 4) is 5.75 Å². The van der Waals surface area contributed by atoms with E-state index in [-0.39, 0.29) is 11.5 Å². The first-order valence-electron chi connectivity index (χ1n) is 7.07. The van der Waals surface area contributed by atoms with Crippen LogP contribution in [0.25, 0.3) is 0 Å². The minimum atomic E-state index is 0.162. The summed E-state index contributed by atoms with van der Waals surface area (Å²) in [6.07, 6.45) is 1.01. The molecule has 0 aliphatic carbocycles. The molecule has 0 aromatic heterocycles. The van der Waals surface area contributed by atoms with Gasteiger partial charge in [-0.2, -0.15) is 0 Å². The lowest BCUT2D eigenvalue weighted by Gasteiger charge is -2.30. The molecule has 0 heterocycles. The topological polar surface area (TPSA) is 47.3 Å². The molecule has 19 heavy (non-hydrogen) atoms. The van der Waals surface area contributed by atoms with Crippen molar-refractivity contribution in [3.63, 3.8) is 0 Å². The predicted octanol–water partition coefficient (Wildman–Crippen LogP) is 3.66. The second-order valence-corrected chi connectivity index (χ2v) is 6.23. The molecule has 3 N–H and O–H groups in total. The Kier molecular flexibility index (Phi) is 5.83. The summed E-state index contributed by atoms with van der Waals surface area (Å²) in [6, 6.07) is 8.33. The van der Waals surface area contributed by atoms with Gasteiger partial charge in [0.15, 0.2) is 0 Å². The molecule has 0 radical (unpaired) electrons. The summed E-state index contributed by atoms with van der Waals surface area (Å²) >= 11 is 0. The highest BCUT2D eigenvalue weighted by molar-refractivity contribution is 5.30. The molecule has 0 amide bonds. The van der Waals surface area contributed by atoms with E-state index in [1.54, 1.807) is 0 Å². The molecule has 108 valence electrons. The molecule has 2 unspecified atom stereocenters. The highest BCUT2D eigenvalue weighted by Gasteiger charge is 2.24. The van der Waals surface area contributed by atoms with E-state index >= 15 is 0 Å². The monoisotopic (exact) mass is 264 g/mol. The summed E-state index contributed by atoms with van der Waals surface area (Å²) < 4.78 is 5.54. The van der Waals surface area contributed by atoms with Gasteiger partial charge >= 0.3 is 0 Å². The lowest BCUT2D eigenvalue weighted by Crippen LogP contribution is -2.31. The minimum absolute atomic E-state index is 0.162. The van der Waals surface area contributed by atoms with Gasteiger partial charge in [0.1, 0.15) is 5.75 Å². The van der Waals surface area contributed by atoms with E-state index in [4.69, 9.17) is 10.6 Å². The summed E-state index contributed by atoms with van der Waals surface area (Å²) in [6.45, 7) is 11.7. The molecule has 0 spiro atoms. The van der Waals surface area contributed by atoms with Gasteiger partial charge in [0, 0.05) is 6.04 Å². The molecule has 3 nitrogen and oxygen atoms in total. The first-order chi connectivity index (χ1) is 8.88. The highest BCUT2D eigenvalue weighted by atomic mass is 16.5. The van der Waals surface area contributed by atoms with E-state index in [0.29, 0.717) is 12.5 Å². The molecule has 1 rings (SSSR count). The number of rotatable bonds is 6. The van der Waals surface area contributed by atoms with Crippen LogP contribution in [0.2, 0.25) is 0 Å². The molecule has 0 bridgehead atoms. The van der Waals surface area contributed by atoms with Crippen LogP contribution < -0.4 is 16.0 Å². The molecule has 2 atom stereocenters. The molecule has 0 saturated carbocycles. The van der Waals surface area contributed by atoms with E-state index < -0.39 is 0 Å². The number of nitrogens with two attached hydrogens (primary N) is 1. The van der Waals surface area contributed by atoms with Gasteiger partial charge in [-0.05, 0) is 42.4 Å². The van der Waals surface area contributed by atoms with Gasteiger partial charge in [-0.3, -0.25) is 11.3 Å². The number of benzene rings is 1. The fourth-order valence-corrected chi connectivity index (χ4v) is 2.00. The van der Waals surface area contributed by atoms with Gasteiger partial charge < -0.3 is 4.74 Å². The molecular formula is C16H28N2O. The van der Waals surface area contributed by atoms with Crippen molar-refractivity contribution < 1.29 is 4.74 Å². The highest BCUT2D eigenvalue weighted by Crippen LogP contribution is 2.33. The van der Waals surface area contributed by atoms with Gasteiger partial charge in [0.25, 0.3) is 0 Å². The molecule has 0 saturated heterocycles.